The van der Waals surface area contributed by atoms with Gasteiger partial charge in [0.1, 0.15) is 18.1 Å². The summed E-state index contributed by atoms with van der Waals surface area (Å²) in [5, 5.41) is 11.0. The molecule has 1 aromatic heterocycles. The number of ether oxygens (including phenoxy) is 2. The van der Waals surface area contributed by atoms with E-state index < -0.39 is 5.92 Å². The molecule has 2 N–H and O–H groups in total. The number of rotatable bonds is 6. The fourth-order valence-corrected chi connectivity index (χ4v) is 3.79. The van der Waals surface area contributed by atoms with Crippen molar-refractivity contribution in [3.05, 3.63) is 59.4 Å². The van der Waals surface area contributed by atoms with E-state index in [1.54, 1.807) is 25.4 Å². The second-order valence-corrected chi connectivity index (χ2v) is 7.83. The summed E-state index contributed by atoms with van der Waals surface area (Å²) < 4.78 is 11.1. The normalized spacial score (nSPS) is 14.7. The summed E-state index contributed by atoms with van der Waals surface area (Å²) >= 11 is 0. The van der Waals surface area contributed by atoms with Crippen LogP contribution in [0.25, 0.3) is 11.1 Å². The third kappa shape index (κ3) is 4.54. The number of carbonyl (C=O) groups excluding carboxylic acids is 2. The van der Waals surface area contributed by atoms with Crippen LogP contribution in [-0.2, 0) is 16.1 Å². The van der Waals surface area contributed by atoms with Crippen molar-refractivity contribution < 1.29 is 23.9 Å². The lowest BCUT2D eigenvalue weighted by Gasteiger charge is -2.25. The third-order valence-corrected chi connectivity index (χ3v) is 5.75. The summed E-state index contributed by atoms with van der Waals surface area (Å²) in [6.45, 7) is 2.15. The SMILES string of the molecule is COc1ccc2c(c1)CC(C(=O)Nc1ccc(-c3cn[nH]c3C)cc1C(=O)N(C)OC)CO2. The number of aromatic amines is 1. The van der Waals surface area contributed by atoms with Crippen LogP contribution in [0, 0.1) is 12.8 Å². The van der Waals surface area contributed by atoms with E-state index in [1.807, 2.05) is 31.2 Å². The number of anilines is 1. The first kappa shape index (κ1) is 22.3. The molecule has 1 aliphatic rings. The van der Waals surface area contributed by atoms with E-state index in [-0.39, 0.29) is 18.4 Å². The zero-order valence-electron chi connectivity index (χ0n) is 19.0. The number of H-pyrrole nitrogens is 1. The van der Waals surface area contributed by atoms with E-state index in [0.717, 1.165) is 33.2 Å². The maximum absolute atomic E-state index is 13.1. The molecule has 9 heteroatoms. The fraction of sp³-hybridized carbons (Fsp3) is 0.292. The first-order valence-corrected chi connectivity index (χ1v) is 10.5. The molecule has 0 saturated carbocycles. The number of nitrogens with zero attached hydrogens (tertiary/aromatic N) is 2. The number of aromatic nitrogens is 2. The number of hydroxylamine groups is 2. The number of aryl methyl sites for hydroxylation is 1. The molecule has 1 atom stereocenters. The van der Waals surface area contributed by atoms with Crippen LogP contribution in [0.3, 0.4) is 0 Å². The second kappa shape index (κ2) is 9.33. The predicted molar refractivity (Wildman–Crippen MR) is 122 cm³/mol. The summed E-state index contributed by atoms with van der Waals surface area (Å²) in [5.41, 5.74) is 4.16. The van der Waals surface area contributed by atoms with Crippen LogP contribution in [0.5, 0.6) is 11.5 Å². The molecule has 9 nitrogen and oxygen atoms in total. The maximum atomic E-state index is 13.1. The van der Waals surface area contributed by atoms with Crippen LogP contribution in [0.4, 0.5) is 5.69 Å². The van der Waals surface area contributed by atoms with Crippen LogP contribution in [0.1, 0.15) is 21.6 Å². The van der Waals surface area contributed by atoms with Crippen LogP contribution < -0.4 is 14.8 Å². The van der Waals surface area contributed by atoms with Gasteiger partial charge in [0.2, 0.25) is 5.91 Å². The highest BCUT2D eigenvalue weighted by Crippen LogP contribution is 2.32. The van der Waals surface area contributed by atoms with Gasteiger partial charge in [-0.05, 0) is 54.8 Å². The Morgan fingerprint density at radius 2 is 2.03 bits per heavy atom. The number of hydrogen-bond acceptors (Lipinski definition) is 6. The molecule has 172 valence electrons. The number of carbonyl (C=O) groups is 2. The van der Waals surface area contributed by atoms with Crippen molar-refractivity contribution in [2.24, 2.45) is 5.92 Å². The average Bonchev–Trinajstić information content (AvgIpc) is 3.28. The molecule has 0 saturated heterocycles. The summed E-state index contributed by atoms with van der Waals surface area (Å²) in [4.78, 5) is 31.2. The number of nitrogens with one attached hydrogen (secondary N) is 2. The lowest BCUT2D eigenvalue weighted by atomic mass is 9.95. The molecule has 0 bridgehead atoms. The molecule has 1 aliphatic heterocycles. The van der Waals surface area contributed by atoms with E-state index >= 15 is 0 Å². The second-order valence-electron chi connectivity index (χ2n) is 7.83. The highest BCUT2D eigenvalue weighted by atomic mass is 16.7. The summed E-state index contributed by atoms with van der Waals surface area (Å²) in [6, 6.07) is 10.8. The molecule has 0 aliphatic carbocycles. The lowest BCUT2D eigenvalue weighted by molar-refractivity contribution is -0.121. The molecule has 1 unspecified atom stereocenters. The minimum absolute atomic E-state index is 0.232. The van der Waals surface area contributed by atoms with E-state index in [1.165, 1.54) is 14.2 Å². The number of benzene rings is 2. The Morgan fingerprint density at radius 1 is 1.21 bits per heavy atom. The molecule has 0 spiro atoms. The molecule has 2 amide bonds. The first-order chi connectivity index (χ1) is 15.9. The van der Waals surface area contributed by atoms with Gasteiger partial charge in [0.15, 0.2) is 0 Å². The van der Waals surface area contributed by atoms with Gasteiger partial charge in [-0.3, -0.25) is 19.5 Å². The van der Waals surface area contributed by atoms with Crippen LogP contribution in [0.2, 0.25) is 0 Å². The Labute approximate surface area is 191 Å². The van der Waals surface area contributed by atoms with Gasteiger partial charge in [-0.1, -0.05) is 6.07 Å². The standard InChI is InChI=1S/C24H26N4O5/c1-14-20(12-25-27-14)15-5-7-21(19(11-15)24(30)28(2)32-4)26-23(29)17-9-16-10-18(31-3)6-8-22(16)33-13-17/h5-8,10-12,17H,9,13H2,1-4H3,(H,25,27)(H,26,29). The van der Waals surface area contributed by atoms with Crippen LogP contribution in [0.15, 0.2) is 42.6 Å². The molecule has 4 rings (SSSR count). The zero-order valence-corrected chi connectivity index (χ0v) is 19.0. The minimum atomic E-state index is -0.413. The monoisotopic (exact) mass is 450 g/mol. The smallest absolute Gasteiger partial charge is 0.279 e. The van der Waals surface area contributed by atoms with Gasteiger partial charge in [0, 0.05) is 18.3 Å². The van der Waals surface area contributed by atoms with Gasteiger partial charge < -0.3 is 14.8 Å². The number of fused-ring (bicyclic) bond motifs is 1. The van der Waals surface area contributed by atoms with Crippen LogP contribution in [-0.4, -0.2) is 54.9 Å². The van der Waals surface area contributed by atoms with E-state index in [4.69, 9.17) is 14.3 Å². The van der Waals surface area contributed by atoms with Gasteiger partial charge in [-0.2, -0.15) is 5.10 Å². The number of methoxy groups -OCH3 is 1. The highest BCUT2D eigenvalue weighted by molar-refractivity contribution is 6.05. The van der Waals surface area contributed by atoms with Gasteiger partial charge in [-0.15, -0.1) is 0 Å². The number of amides is 2. The Kier molecular flexibility index (Phi) is 6.32. The predicted octanol–water partition coefficient (Wildman–Crippen LogP) is 3.22. The quantitative estimate of drug-likeness (QED) is 0.559. The molecule has 3 aromatic rings. The minimum Gasteiger partial charge on any atom is -0.497 e. The summed E-state index contributed by atoms with van der Waals surface area (Å²) in [5.74, 6) is 0.426. The van der Waals surface area contributed by atoms with Crippen molar-refractivity contribution in [2.45, 2.75) is 13.3 Å². The van der Waals surface area contributed by atoms with Crippen molar-refractivity contribution in [1.82, 2.24) is 15.3 Å². The topological polar surface area (TPSA) is 106 Å². The molecular weight excluding hydrogens is 424 g/mol. The summed E-state index contributed by atoms with van der Waals surface area (Å²) in [6.07, 6.45) is 2.20. The van der Waals surface area contributed by atoms with Gasteiger partial charge >= 0.3 is 0 Å². The van der Waals surface area contributed by atoms with Crippen molar-refractivity contribution in [1.29, 1.82) is 0 Å². The molecular formula is C24H26N4O5. The van der Waals surface area contributed by atoms with Crippen molar-refractivity contribution in [2.75, 3.05) is 33.2 Å². The maximum Gasteiger partial charge on any atom is 0.279 e. The van der Waals surface area contributed by atoms with Crippen molar-refractivity contribution >= 4 is 17.5 Å². The highest BCUT2D eigenvalue weighted by Gasteiger charge is 2.28. The van der Waals surface area contributed by atoms with Crippen molar-refractivity contribution in [3.8, 4) is 22.6 Å². The Balaban J connectivity index is 1.60. The van der Waals surface area contributed by atoms with E-state index in [2.05, 4.69) is 15.5 Å². The van der Waals surface area contributed by atoms with E-state index in [0.29, 0.717) is 23.4 Å². The molecule has 33 heavy (non-hydrogen) atoms. The zero-order chi connectivity index (χ0) is 23.5. The molecule has 2 heterocycles. The Bertz CT molecular complexity index is 1190. The Morgan fingerprint density at radius 3 is 2.73 bits per heavy atom. The largest absolute Gasteiger partial charge is 0.497 e. The van der Waals surface area contributed by atoms with Gasteiger partial charge in [0.05, 0.1) is 37.6 Å². The molecule has 2 aromatic carbocycles. The molecule has 0 radical (unpaired) electrons. The molecule has 0 fully saturated rings. The average molecular weight is 450 g/mol. The van der Waals surface area contributed by atoms with Gasteiger partial charge in [0.25, 0.3) is 5.91 Å². The third-order valence-electron chi connectivity index (χ3n) is 5.75. The van der Waals surface area contributed by atoms with Crippen LogP contribution >= 0.6 is 0 Å². The first-order valence-electron chi connectivity index (χ1n) is 10.5. The lowest BCUT2D eigenvalue weighted by Crippen LogP contribution is -2.33. The van der Waals surface area contributed by atoms with Gasteiger partial charge in [-0.25, -0.2) is 5.06 Å². The fourth-order valence-electron chi connectivity index (χ4n) is 3.79. The Hall–Kier alpha value is -3.85. The van der Waals surface area contributed by atoms with E-state index in [9.17, 15) is 9.59 Å². The summed E-state index contributed by atoms with van der Waals surface area (Å²) in [7, 11) is 4.52. The van der Waals surface area contributed by atoms with Crippen molar-refractivity contribution in [3.63, 3.8) is 0 Å². The number of hydrogen-bond donors (Lipinski definition) is 2.